The zero-order chi connectivity index (χ0) is 24.6. The van der Waals surface area contributed by atoms with Crippen LogP contribution in [0, 0.1) is 11.8 Å². The van der Waals surface area contributed by atoms with Crippen molar-refractivity contribution in [2.45, 2.75) is 37.0 Å². The van der Waals surface area contributed by atoms with E-state index in [-0.39, 0.29) is 38.1 Å². The van der Waals surface area contributed by atoms with Crippen LogP contribution < -0.4 is 9.64 Å². The van der Waals surface area contributed by atoms with Crippen LogP contribution in [0.1, 0.15) is 19.3 Å². The predicted molar refractivity (Wildman–Crippen MR) is 126 cm³/mol. The minimum Gasteiger partial charge on any atom is -0.497 e. The number of carbonyl (C=O) groups excluding carboxylic acids is 3. The summed E-state index contributed by atoms with van der Waals surface area (Å²) in [6.45, 7) is 0.618. The lowest BCUT2D eigenvalue weighted by atomic mass is 9.78. The van der Waals surface area contributed by atoms with E-state index in [1.165, 1.54) is 4.90 Å². The van der Waals surface area contributed by atoms with Crippen molar-refractivity contribution < 1.29 is 33.7 Å². The summed E-state index contributed by atoms with van der Waals surface area (Å²) in [5.74, 6) is -2.16. The van der Waals surface area contributed by atoms with Gasteiger partial charge in [0.2, 0.25) is 5.91 Å². The number of cyclic esters (lactones) is 1. The first-order chi connectivity index (χ1) is 17.0. The minimum absolute atomic E-state index is 0.127. The summed E-state index contributed by atoms with van der Waals surface area (Å²) in [7, 11) is 1.57. The number of likely N-dealkylation sites (tertiary alicyclic amines) is 1. The Morgan fingerprint density at radius 3 is 2.69 bits per heavy atom. The molecule has 1 aromatic rings. The molecule has 186 valence electrons. The van der Waals surface area contributed by atoms with E-state index in [0.717, 1.165) is 6.42 Å². The van der Waals surface area contributed by atoms with Crippen molar-refractivity contribution in [2.24, 2.45) is 11.8 Å². The fourth-order valence-corrected chi connectivity index (χ4v) is 5.73. The average Bonchev–Trinajstić information content (AvgIpc) is 3.27. The zero-order valence-corrected chi connectivity index (χ0v) is 19.7. The van der Waals surface area contributed by atoms with Crippen LogP contribution >= 0.6 is 0 Å². The molecule has 2 fully saturated rings. The van der Waals surface area contributed by atoms with Crippen molar-refractivity contribution in [2.75, 3.05) is 38.3 Å². The van der Waals surface area contributed by atoms with Crippen LogP contribution in [-0.2, 0) is 23.9 Å². The Kier molecular flexibility index (Phi) is 6.37. The normalized spacial score (nSPS) is 33.1. The number of aliphatic hydroxyl groups is 1. The van der Waals surface area contributed by atoms with Gasteiger partial charge in [-0.25, -0.2) is 0 Å². The molecule has 2 amide bonds. The van der Waals surface area contributed by atoms with Gasteiger partial charge in [-0.3, -0.25) is 14.4 Å². The highest BCUT2D eigenvalue weighted by Crippen LogP contribution is 2.53. The molecule has 0 aliphatic carbocycles. The molecular formula is C26H30N2O7. The van der Waals surface area contributed by atoms with Gasteiger partial charge in [0.25, 0.3) is 5.91 Å². The summed E-state index contributed by atoms with van der Waals surface area (Å²) in [6.07, 6.45) is 8.48. The number of allylic oxidation sites excluding steroid dienone is 1. The molecule has 0 saturated carbocycles. The standard InChI is InChI=1S/C26H30N2O7/c1-33-18-10-8-17(9-11-18)27-13-5-12-26-21(23(30)28(14-6-15-29)22(26)24(27)31)20-19(35-26)7-3-2-4-16-34-25(20)32/h3,5,7-12,19-22,29H,2,4,6,13-16H2,1H3/b7-3-/t19-,20+,21+,22?,26+/m1/s1. The SMILES string of the molecule is COc1ccc(N2CC=C[C@]34O[C@@H]5/C=C\CCCOC(=O)[C@@H]5[C@H]3C(=O)N(CCCO)C4C2=O)cc1. The highest BCUT2D eigenvalue weighted by molar-refractivity contribution is 6.05. The van der Waals surface area contributed by atoms with Crippen LogP contribution in [0.4, 0.5) is 5.69 Å². The van der Waals surface area contributed by atoms with E-state index in [4.69, 9.17) is 14.2 Å². The molecule has 4 heterocycles. The van der Waals surface area contributed by atoms with Crippen molar-refractivity contribution in [1.82, 2.24) is 4.90 Å². The summed E-state index contributed by atoms with van der Waals surface area (Å²) in [6, 6.07) is 6.17. The molecule has 1 spiro atoms. The fraction of sp³-hybridized carbons (Fsp3) is 0.500. The molecule has 4 aliphatic rings. The Morgan fingerprint density at radius 1 is 1.14 bits per heavy atom. The van der Waals surface area contributed by atoms with E-state index < -0.39 is 35.6 Å². The molecule has 5 atom stereocenters. The zero-order valence-electron chi connectivity index (χ0n) is 19.7. The maximum atomic E-state index is 14.1. The van der Waals surface area contributed by atoms with Crippen molar-refractivity contribution >= 4 is 23.5 Å². The lowest BCUT2D eigenvalue weighted by molar-refractivity contribution is -0.154. The van der Waals surface area contributed by atoms with Gasteiger partial charge in [-0.2, -0.15) is 0 Å². The third-order valence-electron chi connectivity index (χ3n) is 7.29. The van der Waals surface area contributed by atoms with Crippen LogP contribution in [0.5, 0.6) is 5.75 Å². The average molecular weight is 483 g/mol. The maximum Gasteiger partial charge on any atom is 0.312 e. The van der Waals surface area contributed by atoms with Crippen LogP contribution in [0.3, 0.4) is 0 Å². The van der Waals surface area contributed by atoms with E-state index in [9.17, 15) is 19.5 Å². The maximum absolute atomic E-state index is 14.1. The molecule has 2 saturated heterocycles. The van der Waals surface area contributed by atoms with Gasteiger partial charge in [-0.15, -0.1) is 0 Å². The Hall–Kier alpha value is -3.17. The van der Waals surface area contributed by atoms with Crippen molar-refractivity contribution in [3.8, 4) is 5.75 Å². The number of methoxy groups -OCH3 is 1. The lowest BCUT2D eigenvalue weighted by Crippen LogP contribution is -2.55. The number of rotatable bonds is 5. The van der Waals surface area contributed by atoms with Gasteiger partial charge in [0, 0.05) is 25.4 Å². The Bertz CT molecular complexity index is 1050. The van der Waals surface area contributed by atoms with Gasteiger partial charge in [-0.1, -0.05) is 24.3 Å². The first kappa shape index (κ1) is 23.6. The first-order valence-electron chi connectivity index (χ1n) is 12.1. The van der Waals surface area contributed by atoms with Crippen LogP contribution in [0.15, 0.2) is 48.6 Å². The van der Waals surface area contributed by atoms with Crippen LogP contribution in [0.25, 0.3) is 0 Å². The molecule has 1 aromatic carbocycles. The van der Waals surface area contributed by atoms with Crippen molar-refractivity contribution in [3.63, 3.8) is 0 Å². The van der Waals surface area contributed by atoms with E-state index >= 15 is 0 Å². The summed E-state index contributed by atoms with van der Waals surface area (Å²) < 4.78 is 17.3. The van der Waals surface area contributed by atoms with Crippen LogP contribution in [0.2, 0.25) is 0 Å². The van der Waals surface area contributed by atoms with E-state index in [0.29, 0.717) is 24.3 Å². The smallest absolute Gasteiger partial charge is 0.312 e. The highest BCUT2D eigenvalue weighted by atomic mass is 16.6. The second-order valence-corrected chi connectivity index (χ2v) is 9.24. The number of aliphatic hydroxyl groups excluding tert-OH is 1. The fourth-order valence-electron chi connectivity index (χ4n) is 5.73. The number of hydrogen-bond acceptors (Lipinski definition) is 7. The quantitative estimate of drug-likeness (QED) is 0.500. The number of amides is 2. The molecule has 4 aliphatic heterocycles. The number of fused-ring (bicyclic) bond motifs is 2. The molecule has 1 unspecified atom stereocenters. The topological polar surface area (TPSA) is 106 Å². The third-order valence-corrected chi connectivity index (χ3v) is 7.29. The van der Waals surface area contributed by atoms with Gasteiger partial charge in [0.15, 0.2) is 0 Å². The Balaban J connectivity index is 1.58. The molecule has 0 bridgehead atoms. The van der Waals surface area contributed by atoms with Crippen molar-refractivity contribution in [3.05, 3.63) is 48.6 Å². The van der Waals surface area contributed by atoms with E-state index in [1.807, 2.05) is 18.2 Å². The molecule has 9 heteroatoms. The summed E-state index contributed by atoms with van der Waals surface area (Å²) in [4.78, 5) is 44.1. The molecule has 0 radical (unpaired) electrons. The van der Waals surface area contributed by atoms with Gasteiger partial charge in [0.05, 0.1) is 25.7 Å². The number of benzene rings is 1. The number of nitrogens with zero attached hydrogens (tertiary/aromatic N) is 2. The van der Waals surface area contributed by atoms with Crippen LogP contribution in [-0.4, -0.2) is 79.0 Å². The highest BCUT2D eigenvalue weighted by Gasteiger charge is 2.71. The number of anilines is 1. The summed E-state index contributed by atoms with van der Waals surface area (Å²) in [5, 5.41) is 9.47. The van der Waals surface area contributed by atoms with Crippen molar-refractivity contribution in [1.29, 1.82) is 0 Å². The molecular weight excluding hydrogens is 452 g/mol. The molecule has 5 rings (SSSR count). The van der Waals surface area contributed by atoms with Gasteiger partial charge in [-0.05, 0) is 43.5 Å². The monoisotopic (exact) mass is 482 g/mol. The van der Waals surface area contributed by atoms with Gasteiger partial charge >= 0.3 is 5.97 Å². The largest absolute Gasteiger partial charge is 0.497 e. The summed E-state index contributed by atoms with van der Waals surface area (Å²) >= 11 is 0. The lowest BCUT2D eigenvalue weighted by Gasteiger charge is -2.35. The number of ether oxygens (including phenoxy) is 3. The molecule has 0 aromatic heterocycles. The third kappa shape index (κ3) is 3.83. The van der Waals surface area contributed by atoms with Gasteiger partial charge in [0.1, 0.15) is 23.3 Å². The summed E-state index contributed by atoms with van der Waals surface area (Å²) in [5.41, 5.74) is -0.641. The molecule has 9 nitrogen and oxygen atoms in total. The second kappa shape index (κ2) is 9.47. The molecule has 35 heavy (non-hydrogen) atoms. The Morgan fingerprint density at radius 2 is 1.94 bits per heavy atom. The predicted octanol–water partition coefficient (Wildman–Crippen LogP) is 1.45. The second-order valence-electron chi connectivity index (χ2n) is 9.24. The van der Waals surface area contributed by atoms with E-state index in [1.54, 1.807) is 42.4 Å². The Labute approximate surface area is 203 Å². The number of esters is 1. The van der Waals surface area contributed by atoms with E-state index in [2.05, 4.69) is 0 Å². The minimum atomic E-state index is -1.30. The van der Waals surface area contributed by atoms with Gasteiger partial charge < -0.3 is 29.1 Å². The molecule has 1 N–H and O–H groups in total. The number of hydrogen-bond donors (Lipinski definition) is 1. The number of carbonyl (C=O) groups is 3. The first-order valence-corrected chi connectivity index (χ1v) is 12.1.